The van der Waals surface area contributed by atoms with Gasteiger partial charge in [-0.3, -0.25) is 4.79 Å². The summed E-state index contributed by atoms with van der Waals surface area (Å²) in [5, 5.41) is 3.98. The third-order valence-corrected chi connectivity index (χ3v) is 7.24. The Balaban J connectivity index is 0.00000316. The van der Waals surface area contributed by atoms with E-state index in [-0.39, 0.29) is 19.1 Å². The van der Waals surface area contributed by atoms with Gasteiger partial charge < -0.3 is 19.2 Å². The average molecular weight is 614 g/mol. The van der Waals surface area contributed by atoms with Gasteiger partial charge in [0.2, 0.25) is 5.91 Å². The van der Waals surface area contributed by atoms with Gasteiger partial charge in [-0.1, -0.05) is 103 Å². The summed E-state index contributed by atoms with van der Waals surface area (Å²) in [6, 6.07) is 11.6. The van der Waals surface area contributed by atoms with Crippen LogP contribution in [0.4, 0.5) is 5.69 Å². The quantitative estimate of drug-likeness (QED) is 0.0871. The number of carbonyl (C=O) groups excluding carboxylic acids is 2. The van der Waals surface area contributed by atoms with E-state index in [0.717, 1.165) is 12.8 Å². The molecule has 0 radical (unpaired) electrons. The molecule has 1 heterocycles. The Morgan fingerprint density at radius 3 is 2.09 bits per heavy atom. The Bertz CT molecular complexity index is 1340. The molecule has 1 N–H and O–H groups in total. The maximum Gasteiger partial charge on any atom is 0.344 e. The summed E-state index contributed by atoms with van der Waals surface area (Å²) in [6.07, 6.45) is 14.1. The van der Waals surface area contributed by atoms with Crippen molar-refractivity contribution in [2.45, 2.75) is 105 Å². The van der Waals surface area contributed by atoms with Gasteiger partial charge in [0.15, 0.2) is 6.61 Å². The molecular formula is C35H48ClNO6. The van der Waals surface area contributed by atoms with Gasteiger partial charge in [0.1, 0.15) is 11.3 Å². The monoisotopic (exact) mass is 613 g/mol. The molecular weight excluding hydrogens is 566 g/mol. The third-order valence-electron chi connectivity index (χ3n) is 6.93. The van der Waals surface area contributed by atoms with E-state index >= 15 is 0 Å². The third kappa shape index (κ3) is 12.8. The number of anilines is 1. The summed E-state index contributed by atoms with van der Waals surface area (Å²) in [4.78, 5) is 36.4. The lowest BCUT2D eigenvalue weighted by Crippen LogP contribution is -2.14. The summed E-state index contributed by atoms with van der Waals surface area (Å²) in [6.45, 7) is 7.98. The maximum absolute atomic E-state index is 12.5. The highest BCUT2D eigenvalue weighted by atomic mass is 35.5. The van der Waals surface area contributed by atoms with Gasteiger partial charge in [0.05, 0.1) is 11.6 Å². The number of fused-ring (bicyclic) bond motifs is 1. The summed E-state index contributed by atoms with van der Waals surface area (Å²) >= 11 is 6.61. The largest absolute Gasteiger partial charge is 0.482 e. The first-order valence-electron chi connectivity index (χ1n) is 15.9. The molecule has 8 heteroatoms. The Morgan fingerprint density at radius 1 is 0.814 bits per heavy atom. The van der Waals surface area contributed by atoms with Gasteiger partial charge in [-0.2, -0.15) is 0 Å². The molecule has 1 amide bonds. The zero-order valence-electron chi connectivity index (χ0n) is 26.3. The summed E-state index contributed by atoms with van der Waals surface area (Å²) < 4.78 is 15.7. The van der Waals surface area contributed by atoms with Crippen molar-refractivity contribution < 1.29 is 23.5 Å². The number of halogens is 1. The number of carbonyl (C=O) groups is 2. The van der Waals surface area contributed by atoms with Crippen LogP contribution in [0.25, 0.3) is 22.1 Å². The Hall–Kier alpha value is -3.32. The van der Waals surface area contributed by atoms with Crippen molar-refractivity contribution in [2.75, 3.05) is 18.5 Å². The van der Waals surface area contributed by atoms with E-state index in [2.05, 4.69) is 12.2 Å². The smallest absolute Gasteiger partial charge is 0.344 e. The summed E-state index contributed by atoms with van der Waals surface area (Å²) in [5.41, 5.74) is 1.59. The van der Waals surface area contributed by atoms with E-state index in [9.17, 15) is 14.4 Å². The number of rotatable bonds is 18. The van der Waals surface area contributed by atoms with Crippen LogP contribution in [0, 0.1) is 0 Å². The Labute approximate surface area is 261 Å². The van der Waals surface area contributed by atoms with Crippen molar-refractivity contribution in [3.8, 4) is 16.9 Å². The fourth-order valence-electron chi connectivity index (χ4n) is 4.79. The molecule has 0 unspecified atom stereocenters. The van der Waals surface area contributed by atoms with Gasteiger partial charge in [-0.25, -0.2) is 9.59 Å². The average Bonchev–Trinajstić information content (AvgIpc) is 2.99. The highest BCUT2D eigenvalue weighted by Crippen LogP contribution is 2.35. The number of esters is 1. The van der Waals surface area contributed by atoms with Gasteiger partial charge >= 0.3 is 11.6 Å². The Morgan fingerprint density at radius 2 is 1.47 bits per heavy atom. The molecule has 0 saturated heterocycles. The normalized spacial score (nSPS) is 10.6. The first kappa shape index (κ1) is 35.9. The fourth-order valence-corrected chi connectivity index (χ4v) is 5.07. The molecule has 0 saturated carbocycles. The standard InChI is InChI=1S/C33H42ClNO6.C2H6/c1-3-5-6-7-8-9-10-11-12-13-14-15-31(36)35-24-16-18-26(29(34)20-24)28-22-32(37)41-30-21-25(17-19-27(28)30)40-23-33(38)39-4-2;1-2/h16-22H,3-15,23H2,1-2H3,(H,35,36);1-2H3. The number of hydrogen-bond acceptors (Lipinski definition) is 6. The highest BCUT2D eigenvalue weighted by Gasteiger charge is 2.14. The SMILES string of the molecule is CC.CCCCCCCCCCCCCC(=O)Nc1ccc(-c2cc(=O)oc3cc(OCC(=O)OCC)ccc23)c(Cl)c1. The molecule has 2 aromatic carbocycles. The van der Waals surface area contributed by atoms with Crippen LogP contribution in [0.1, 0.15) is 105 Å². The van der Waals surface area contributed by atoms with Crippen LogP contribution in [0.15, 0.2) is 51.7 Å². The lowest BCUT2D eigenvalue weighted by atomic mass is 10.0. The van der Waals surface area contributed by atoms with Crippen molar-refractivity contribution >= 4 is 40.1 Å². The van der Waals surface area contributed by atoms with Crippen LogP contribution in [0.5, 0.6) is 5.75 Å². The molecule has 0 aliphatic rings. The number of unbranched alkanes of at least 4 members (excludes halogenated alkanes) is 10. The number of hydrogen-bond donors (Lipinski definition) is 1. The van der Waals surface area contributed by atoms with Gasteiger partial charge in [-0.15, -0.1) is 0 Å². The minimum Gasteiger partial charge on any atom is -0.482 e. The molecule has 7 nitrogen and oxygen atoms in total. The van der Waals surface area contributed by atoms with Crippen LogP contribution >= 0.6 is 11.6 Å². The summed E-state index contributed by atoms with van der Waals surface area (Å²) in [7, 11) is 0. The minimum atomic E-state index is -0.546. The van der Waals surface area contributed by atoms with Crippen molar-refractivity contribution in [1.29, 1.82) is 0 Å². The number of amides is 1. The predicted octanol–water partition coefficient (Wildman–Crippen LogP) is 9.72. The summed E-state index contributed by atoms with van der Waals surface area (Å²) in [5.74, 6) is -0.153. The van der Waals surface area contributed by atoms with Crippen LogP contribution in [-0.4, -0.2) is 25.1 Å². The molecule has 0 atom stereocenters. The van der Waals surface area contributed by atoms with E-state index in [1.807, 2.05) is 13.8 Å². The van der Waals surface area contributed by atoms with Crippen molar-refractivity contribution in [3.05, 3.63) is 57.9 Å². The number of nitrogens with one attached hydrogen (secondary N) is 1. The van der Waals surface area contributed by atoms with Crippen molar-refractivity contribution in [3.63, 3.8) is 0 Å². The lowest BCUT2D eigenvalue weighted by molar-refractivity contribution is -0.145. The molecule has 0 aliphatic heterocycles. The zero-order chi connectivity index (χ0) is 31.5. The zero-order valence-corrected chi connectivity index (χ0v) is 27.0. The molecule has 3 aromatic rings. The molecule has 0 spiro atoms. The van der Waals surface area contributed by atoms with Crippen LogP contribution in [-0.2, 0) is 14.3 Å². The van der Waals surface area contributed by atoms with Crippen LogP contribution in [0.2, 0.25) is 5.02 Å². The van der Waals surface area contributed by atoms with E-state index < -0.39 is 11.6 Å². The molecule has 1 aromatic heterocycles. The molecule has 0 fully saturated rings. The maximum atomic E-state index is 12.5. The fraction of sp³-hybridized carbons (Fsp3) is 0.514. The second kappa shape index (κ2) is 20.6. The molecule has 0 bridgehead atoms. The van der Waals surface area contributed by atoms with Gasteiger partial charge in [-0.05, 0) is 37.6 Å². The first-order chi connectivity index (χ1) is 20.9. The van der Waals surface area contributed by atoms with Crippen LogP contribution in [0.3, 0.4) is 0 Å². The number of benzene rings is 2. The van der Waals surface area contributed by atoms with E-state index in [4.69, 9.17) is 25.5 Å². The number of ether oxygens (including phenoxy) is 2. The minimum absolute atomic E-state index is 0.0362. The molecule has 3 rings (SSSR count). The predicted molar refractivity (Wildman–Crippen MR) is 176 cm³/mol. The van der Waals surface area contributed by atoms with Crippen molar-refractivity contribution in [2.24, 2.45) is 0 Å². The second-order valence-electron chi connectivity index (χ2n) is 10.3. The highest BCUT2D eigenvalue weighted by molar-refractivity contribution is 6.34. The van der Waals surface area contributed by atoms with Crippen molar-refractivity contribution in [1.82, 2.24) is 0 Å². The van der Waals surface area contributed by atoms with E-state index in [1.54, 1.807) is 43.3 Å². The Kier molecular flexibility index (Phi) is 17.2. The first-order valence-corrected chi connectivity index (χ1v) is 16.2. The lowest BCUT2D eigenvalue weighted by Gasteiger charge is -2.12. The van der Waals surface area contributed by atoms with Gasteiger partial charge in [0, 0.05) is 40.8 Å². The molecule has 43 heavy (non-hydrogen) atoms. The molecule has 0 aliphatic carbocycles. The second-order valence-corrected chi connectivity index (χ2v) is 10.7. The van der Waals surface area contributed by atoms with E-state index in [0.29, 0.717) is 45.0 Å². The van der Waals surface area contributed by atoms with Crippen LogP contribution < -0.4 is 15.7 Å². The van der Waals surface area contributed by atoms with Gasteiger partial charge in [0.25, 0.3) is 0 Å². The topological polar surface area (TPSA) is 94.8 Å². The molecule has 236 valence electrons. The van der Waals surface area contributed by atoms with E-state index in [1.165, 1.54) is 63.9 Å².